The van der Waals surface area contributed by atoms with Crippen LogP contribution in [0.2, 0.25) is 0 Å². The first kappa shape index (κ1) is 24.0. The van der Waals surface area contributed by atoms with Crippen LogP contribution in [-0.2, 0) is 11.3 Å². The van der Waals surface area contributed by atoms with E-state index in [1.165, 1.54) is 0 Å². The lowest BCUT2D eigenvalue weighted by atomic mass is 9.69. The van der Waals surface area contributed by atoms with Crippen LogP contribution >= 0.6 is 15.9 Å². The number of methoxy groups -OCH3 is 1. The number of hydrogen-bond acceptors (Lipinski definition) is 6. The molecule has 0 saturated carbocycles. The van der Waals surface area contributed by atoms with Crippen molar-refractivity contribution in [2.24, 2.45) is 10.8 Å². The summed E-state index contributed by atoms with van der Waals surface area (Å²) in [5.74, 6) is 2.58. The summed E-state index contributed by atoms with van der Waals surface area (Å²) in [4.78, 5) is 20.7. The number of nitrogens with one attached hydrogen (secondary N) is 1. The minimum Gasteiger partial charge on any atom is -0.493 e. The smallest absolute Gasteiger partial charge is 0.163 e. The molecule has 3 aromatic rings. The highest BCUT2D eigenvalue weighted by molar-refractivity contribution is 9.10. The van der Waals surface area contributed by atoms with E-state index in [1.54, 1.807) is 7.11 Å². The van der Waals surface area contributed by atoms with Crippen LogP contribution in [-0.4, -0.2) is 30.0 Å². The number of carbonyl (C=O) groups excluding carboxylic acids is 1. The van der Waals surface area contributed by atoms with Gasteiger partial charge in [0.25, 0.3) is 0 Å². The van der Waals surface area contributed by atoms with Crippen molar-refractivity contribution in [2.45, 2.75) is 41.2 Å². The second-order valence-electron chi connectivity index (χ2n) is 9.14. The predicted molar refractivity (Wildman–Crippen MR) is 131 cm³/mol. The summed E-state index contributed by atoms with van der Waals surface area (Å²) >= 11 is 3.51. The summed E-state index contributed by atoms with van der Waals surface area (Å²) in [6.07, 6.45) is 0.980. The average molecular weight is 500 g/mol. The summed E-state index contributed by atoms with van der Waals surface area (Å²) < 4.78 is 12.8. The highest BCUT2D eigenvalue weighted by Crippen LogP contribution is 2.39. The minimum atomic E-state index is -0.528. The number of hydrogen-bond donors (Lipinski definition) is 1. The van der Waals surface area contributed by atoms with E-state index >= 15 is 0 Å². The van der Waals surface area contributed by atoms with Gasteiger partial charge in [-0.3, -0.25) is 0 Å². The fourth-order valence-corrected chi connectivity index (χ4v) is 3.54. The standard InChI is InChI=1S/C25H30BrN3O3/c1-16-28-20-12-22(32-15-25(4,5)24(2,3)14-30)21(31-6)11-19(20)23(29-16)27-13-17-8-7-9-18(26)10-17/h7-12,14H,13,15H2,1-6H3,(H,27,28,29). The Morgan fingerprint density at radius 3 is 2.50 bits per heavy atom. The Morgan fingerprint density at radius 2 is 1.84 bits per heavy atom. The quantitative estimate of drug-likeness (QED) is 0.366. The van der Waals surface area contributed by atoms with Crippen molar-refractivity contribution >= 4 is 38.9 Å². The molecule has 1 N–H and O–H groups in total. The van der Waals surface area contributed by atoms with Gasteiger partial charge >= 0.3 is 0 Å². The maximum absolute atomic E-state index is 11.5. The summed E-state index contributed by atoms with van der Waals surface area (Å²) in [6, 6.07) is 11.9. The minimum absolute atomic E-state index is 0.360. The van der Waals surface area contributed by atoms with Crippen LogP contribution in [0.15, 0.2) is 40.9 Å². The summed E-state index contributed by atoms with van der Waals surface area (Å²) in [5.41, 5.74) is 1.00. The molecule has 0 atom stereocenters. The molecule has 0 radical (unpaired) electrons. The van der Waals surface area contributed by atoms with Gasteiger partial charge in [0.05, 0.1) is 19.2 Å². The molecule has 2 aromatic carbocycles. The fraction of sp³-hybridized carbons (Fsp3) is 0.400. The van der Waals surface area contributed by atoms with Crippen LogP contribution < -0.4 is 14.8 Å². The zero-order chi connectivity index (χ0) is 23.5. The van der Waals surface area contributed by atoms with E-state index in [-0.39, 0.29) is 5.41 Å². The molecular formula is C25H30BrN3O3. The Labute approximate surface area is 197 Å². The van der Waals surface area contributed by atoms with Crippen LogP contribution in [0.5, 0.6) is 11.5 Å². The van der Waals surface area contributed by atoms with Gasteiger partial charge in [-0.05, 0) is 30.7 Å². The van der Waals surface area contributed by atoms with Crippen molar-refractivity contribution in [1.82, 2.24) is 9.97 Å². The number of anilines is 1. The first-order chi connectivity index (χ1) is 15.1. The maximum atomic E-state index is 11.5. The van der Waals surface area contributed by atoms with Gasteiger partial charge in [-0.1, -0.05) is 55.8 Å². The zero-order valence-electron chi connectivity index (χ0n) is 19.5. The van der Waals surface area contributed by atoms with Crippen molar-refractivity contribution in [3.63, 3.8) is 0 Å². The number of halogens is 1. The van der Waals surface area contributed by atoms with E-state index in [4.69, 9.17) is 9.47 Å². The molecule has 32 heavy (non-hydrogen) atoms. The second kappa shape index (κ2) is 9.45. The van der Waals surface area contributed by atoms with Crippen LogP contribution in [0.3, 0.4) is 0 Å². The number of rotatable bonds is 9. The molecule has 0 unspecified atom stereocenters. The van der Waals surface area contributed by atoms with E-state index in [0.717, 1.165) is 33.0 Å². The third kappa shape index (κ3) is 5.21. The molecule has 0 saturated heterocycles. The normalized spacial score (nSPS) is 12.0. The highest BCUT2D eigenvalue weighted by Gasteiger charge is 2.37. The first-order valence-electron chi connectivity index (χ1n) is 10.5. The Bertz CT molecular complexity index is 1130. The molecule has 6 nitrogen and oxygen atoms in total. The molecule has 0 fully saturated rings. The van der Waals surface area contributed by atoms with Gasteiger partial charge in [0.15, 0.2) is 11.5 Å². The highest BCUT2D eigenvalue weighted by atomic mass is 79.9. The second-order valence-corrected chi connectivity index (χ2v) is 10.1. The van der Waals surface area contributed by atoms with Crippen LogP contribution in [0.1, 0.15) is 39.1 Å². The number of carbonyl (C=O) groups is 1. The lowest BCUT2D eigenvalue weighted by Crippen LogP contribution is -2.38. The summed E-state index contributed by atoms with van der Waals surface area (Å²) in [5, 5.41) is 4.27. The Balaban J connectivity index is 1.92. The molecule has 0 amide bonds. The number of ether oxygens (including phenoxy) is 2. The lowest BCUT2D eigenvalue weighted by molar-refractivity contribution is -0.121. The Hall–Kier alpha value is -2.67. The van der Waals surface area contributed by atoms with Crippen molar-refractivity contribution in [2.75, 3.05) is 19.0 Å². The molecule has 1 heterocycles. The zero-order valence-corrected chi connectivity index (χ0v) is 21.0. The number of aromatic nitrogens is 2. The molecule has 170 valence electrons. The molecule has 0 aliphatic rings. The molecule has 3 rings (SSSR count). The predicted octanol–water partition coefficient (Wildman–Crippen LogP) is 5.95. The fourth-order valence-electron chi connectivity index (χ4n) is 3.10. The van der Waals surface area contributed by atoms with Crippen molar-refractivity contribution in [3.8, 4) is 11.5 Å². The lowest BCUT2D eigenvalue weighted by Gasteiger charge is -2.37. The van der Waals surface area contributed by atoms with E-state index < -0.39 is 5.41 Å². The van der Waals surface area contributed by atoms with Crippen molar-refractivity contribution < 1.29 is 14.3 Å². The van der Waals surface area contributed by atoms with Crippen molar-refractivity contribution in [1.29, 1.82) is 0 Å². The summed E-state index contributed by atoms with van der Waals surface area (Å²) in [7, 11) is 1.61. The van der Waals surface area contributed by atoms with Gasteiger partial charge in [-0.15, -0.1) is 0 Å². The monoisotopic (exact) mass is 499 g/mol. The topological polar surface area (TPSA) is 73.3 Å². The van der Waals surface area contributed by atoms with Gasteiger partial charge in [-0.2, -0.15) is 0 Å². The van der Waals surface area contributed by atoms with Crippen LogP contribution in [0, 0.1) is 17.8 Å². The molecular weight excluding hydrogens is 470 g/mol. The van der Waals surface area contributed by atoms with E-state index in [9.17, 15) is 4.79 Å². The van der Waals surface area contributed by atoms with Crippen molar-refractivity contribution in [3.05, 3.63) is 52.3 Å². The number of fused-ring (bicyclic) bond motifs is 1. The van der Waals surface area contributed by atoms with Gasteiger partial charge in [0.1, 0.15) is 17.9 Å². The van der Waals surface area contributed by atoms with E-state index in [0.29, 0.717) is 30.5 Å². The average Bonchev–Trinajstić information content (AvgIpc) is 2.75. The number of nitrogens with zero attached hydrogens (tertiary/aromatic N) is 2. The number of aryl methyl sites for hydroxylation is 1. The molecule has 0 bridgehead atoms. The van der Waals surface area contributed by atoms with Crippen LogP contribution in [0.25, 0.3) is 10.9 Å². The van der Waals surface area contributed by atoms with Crippen LogP contribution in [0.4, 0.5) is 5.82 Å². The van der Waals surface area contributed by atoms with Gasteiger partial charge in [-0.25, -0.2) is 9.97 Å². The Morgan fingerprint density at radius 1 is 1.09 bits per heavy atom. The van der Waals surface area contributed by atoms with Gasteiger partial charge in [0.2, 0.25) is 0 Å². The van der Waals surface area contributed by atoms with Gasteiger partial charge < -0.3 is 19.6 Å². The molecule has 1 aromatic heterocycles. The third-order valence-electron chi connectivity index (χ3n) is 6.07. The van der Waals surface area contributed by atoms with E-state index in [1.807, 2.05) is 58.9 Å². The largest absolute Gasteiger partial charge is 0.493 e. The SMILES string of the molecule is COc1cc2c(NCc3cccc(Br)c3)nc(C)nc2cc1OCC(C)(C)C(C)(C)C=O. The Kier molecular flexibility index (Phi) is 7.08. The number of benzene rings is 2. The molecule has 0 aliphatic carbocycles. The maximum Gasteiger partial charge on any atom is 0.163 e. The number of aldehydes is 1. The first-order valence-corrected chi connectivity index (χ1v) is 11.3. The van der Waals surface area contributed by atoms with E-state index in [2.05, 4.69) is 43.3 Å². The molecule has 0 aliphatic heterocycles. The molecule has 7 heteroatoms. The third-order valence-corrected chi connectivity index (χ3v) is 6.56. The molecule has 0 spiro atoms. The summed E-state index contributed by atoms with van der Waals surface area (Å²) in [6.45, 7) is 10.7. The van der Waals surface area contributed by atoms with Gasteiger partial charge in [0, 0.05) is 33.3 Å².